The number of ether oxygens (including phenoxy) is 2. The number of rotatable bonds is 8. The Labute approximate surface area is 243 Å². The molecule has 0 spiro atoms. The maximum Gasteiger partial charge on any atom is 0.434 e. The number of nitrogens with zero attached hydrogens (tertiary/aromatic N) is 7. The first-order valence-electron chi connectivity index (χ1n) is 13.8. The van der Waals surface area contributed by atoms with Gasteiger partial charge in [0.2, 0.25) is 5.88 Å². The van der Waals surface area contributed by atoms with Gasteiger partial charge in [0.05, 0.1) is 32.0 Å². The molecule has 2 aliphatic carbocycles. The predicted octanol–water partition coefficient (Wildman–Crippen LogP) is 5.41. The van der Waals surface area contributed by atoms with E-state index in [-0.39, 0.29) is 29.9 Å². The summed E-state index contributed by atoms with van der Waals surface area (Å²) in [6.45, 7) is 0.131. The molecule has 4 aromatic heterocycles. The van der Waals surface area contributed by atoms with Crippen LogP contribution in [0.1, 0.15) is 54.6 Å². The van der Waals surface area contributed by atoms with Crippen LogP contribution in [0.25, 0.3) is 33.8 Å². The molecule has 2 saturated carbocycles. The zero-order chi connectivity index (χ0) is 29.9. The highest BCUT2D eigenvalue weighted by Gasteiger charge is 2.38. The van der Waals surface area contributed by atoms with Crippen molar-refractivity contribution >= 4 is 11.0 Å². The van der Waals surface area contributed by atoms with Gasteiger partial charge in [0.1, 0.15) is 29.1 Å². The maximum absolute atomic E-state index is 13.5. The molecule has 0 unspecified atom stereocenters. The summed E-state index contributed by atoms with van der Waals surface area (Å²) in [6, 6.07) is 8.23. The summed E-state index contributed by atoms with van der Waals surface area (Å²) in [5.41, 5.74) is 1.73. The summed E-state index contributed by atoms with van der Waals surface area (Å²) in [7, 11) is 2.98. The Hall–Kier alpha value is -4.81. The highest BCUT2D eigenvalue weighted by atomic mass is 19.4. The summed E-state index contributed by atoms with van der Waals surface area (Å²) in [5, 5.41) is 0.655. The lowest BCUT2D eigenvalue weighted by Gasteiger charge is -2.15. The van der Waals surface area contributed by atoms with Gasteiger partial charge in [-0.2, -0.15) is 13.2 Å². The first-order valence-corrected chi connectivity index (χ1v) is 13.8. The monoisotopic (exact) mass is 589 g/mol. The number of hydrogen-bond donors (Lipinski definition) is 0. The fraction of sp³-hybridized carbons (Fsp3) is 0.333. The lowest BCUT2D eigenvalue weighted by atomic mass is 10.1. The third-order valence-electron chi connectivity index (χ3n) is 7.76. The van der Waals surface area contributed by atoms with E-state index in [0.717, 1.165) is 37.6 Å². The van der Waals surface area contributed by atoms with Gasteiger partial charge in [0.25, 0.3) is 5.56 Å². The number of hydrogen-bond acceptors (Lipinski definition) is 8. The van der Waals surface area contributed by atoms with Crippen LogP contribution < -0.4 is 15.0 Å². The summed E-state index contributed by atoms with van der Waals surface area (Å²) in [6.07, 6.45) is 3.20. The number of alkyl halides is 3. The number of aromatic nitrogens is 7. The van der Waals surface area contributed by atoms with Gasteiger partial charge >= 0.3 is 6.18 Å². The summed E-state index contributed by atoms with van der Waals surface area (Å²) >= 11 is 0. The van der Waals surface area contributed by atoms with Gasteiger partial charge < -0.3 is 14.0 Å². The standard InChI is InChI=1S/C30H26F3N7O3/c1-42-21-11-16(3-9-20(21)28-37-22(30(31,32)33)14-39(28)19-7-8-19)13-40-23(41)10-6-18-12-34-26(38-27(18)40)24-25(17-4-5-17)35-15-36-29(24)43-2/h3,6,9-12,14-15,17,19H,4-5,7-8,13H2,1-2H3. The molecular weight excluding hydrogens is 563 g/mol. The number of imidazole rings is 1. The highest BCUT2D eigenvalue weighted by molar-refractivity contribution is 5.78. The molecule has 2 aliphatic rings. The molecule has 220 valence electrons. The van der Waals surface area contributed by atoms with Crippen LogP contribution in [-0.4, -0.2) is 48.3 Å². The van der Waals surface area contributed by atoms with E-state index < -0.39 is 11.9 Å². The van der Waals surface area contributed by atoms with Crippen LogP contribution in [0.15, 0.2) is 53.8 Å². The molecule has 4 heterocycles. The Morgan fingerprint density at radius 1 is 0.977 bits per heavy atom. The van der Waals surface area contributed by atoms with Crippen molar-refractivity contribution < 1.29 is 22.6 Å². The van der Waals surface area contributed by atoms with Gasteiger partial charge in [-0.05, 0) is 49.4 Å². The van der Waals surface area contributed by atoms with E-state index in [1.807, 2.05) is 0 Å². The molecule has 0 aliphatic heterocycles. The Morgan fingerprint density at radius 2 is 1.79 bits per heavy atom. The number of halogens is 3. The lowest BCUT2D eigenvalue weighted by Crippen LogP contribution is -2.21. The van der Waals surface area contributed by atoms with Crippen molar-refractivity contribution in [2.45, 2.75) is 50.4 Å². The molecule has 1 aromatic carbocycles. The fourth-order valence-electron chi connectivity index (χ4n) is 5.32. The molecule has 0 atom stereocenters. The van der Waals surface area contributed by atoms with Crippen LogP contribution in [-0.2, 0) is 12.7 Å². The quantitative estimate of drug-likeness (QED) is 0.236. The van der Waals surface area contributed by atoms with Crippen LogP contribution in [0, 0.1) is 0 Å². The number of pyridine rings is 1. The van der Waals surface area contributed by atoms with Crippen molar-refractivity contribution in [3.05, 3.63) is 76.4 Å². The Morgan fingerprint density at radius 3 is 2.49 bits per heavy atom. The fourth-order valence-corrected chi connectivity index (χ4v) is 5.32. The minimum Gasteiger partial charge on any atom is -0.496 e. The predicted molar refractivity (Wildman–Crippen MR) is 150 cm³/mol. The topological polar surface area (TPSA) is 110 Å². The van der Waals surface area contributed by atoms with Crippen LogP contribution in [0.4, 0.5) is 13.2 Å². The van der Waals surface area contributed by atoms with Gasteiger partial charge in [-0.15, -0.1) is 0 Å². The Balaban J connectivity index is 1.29. The van der Waals surface area contributed by atoms with E-state index in [9.17, 15) is 18.0 Å². The van der Waals surface area contributed by atoms with Crippen LogP contribution in [0.3, 0.4) is 0 Å². The Bertz CT molecular complexity index is 1930. The van der Waals surface area contributed by atoms with Gasteiger partial charge in [-0.3, -0.25) is 9.36 Å². The normalized spacial score (nSPS) is 15.2. The molecule has 13 heteroatoms. The second-order valence-corrected chi connectivity index (χ2v) is 10.8. The Kier molecular flexibility index (Phi) is 6.40. The number of fused-ring (bicyclic) bond motifs is 1. The molecule has 2 fully saturated rings. The zero-order valence-electron chi connectivity index (χ0n) is 23.3. The molecule has 0 amide bonds. The van der Waals surface area contributed by atoms with Crippen molar-refractivity contribution in [3.63, 3.8) is 0 Å². The van der Waals surface area contributed by atoms with Gasteiger partial charge in [-0.25, -0.2) is 24.9 Å². The maximum atomic E-state index is 13.5. The minimum atomic E-state index is -4.56. The first kappa shape index (κ1) is 27.0. The SMILES string of the molecule is COc1cc(Cn2c(=O)ccc3cnc(-c4c(OC)ncnc4C4CC4)nc32)ccc1-c1nc(C(F)(F)F)cn1C1CC1. The molecule has 0 N–H and O–H groups in total. The molecule has 7 rings (SSSR count). The third kappa shape index (κ3) is 4.98. The molecule has 5 aromatic rings. The van der Waals surface area contributed by atoms with Crippen LogP contribution >= 0.6 is 0 Å². The number of methoxy groups -OCH3 is 2. The molecular formula is C30H26F3N7O3. The van der Waals surface area contributed by atoms with Crippen molar-refractivity contribution in [2.24, 2.45) is 0 Å². The van der Waals surface area contributed by atoms with E-state index in [0.29, 0.717) is 45.2 Å². The molecule has 43 heavy (non-hydrogen) atoms. The second-order valence-electron chi connectivity index (χ2n) is 10.8. The van der Waals surface area contributed by atoms with E-state index in [4.69, 9.17) is 14.5 Å². The smallest absolute Gasteiger partial charge is 0.434 e. The van der Waals surface area contributed by atoms with E-state index in [1.54, 1.807) is 35.0 Å². The number of benzene rings is 1. The van der Waals surface area contributed by atoms with Crippen LogP contribution in [0.2, 0.25) is 0 Å². The van der Waals surface area contributed by atoms with E-state index in [1.165, 1.54) is 31.2 Å². The molecule has 0 radical (unpaired) electrons. The van der Waals surface area contributed by atoms with Gasteiger partial charge in [0, 0.05) is 35.8 Å². The molecule has 10 nitrogen and oxygen atoms in total. The van der Waals surface area contributed by atoms with Gasteiger partial charge in [0.15, 0.2) is 11.5 Å². The zero-order valence-corrected chi connectivity index (χ0v) is 23.3. The minimum absolute atomic E-state index is 0.0276. The molecule has 0 bridgehead atoms. The first-order chi connectivity index (χ1) is 20.7. The van der Waals surface area contributed by atoms with E-state index in [2.05, 4.69) is 19.9 Å². The largest absolute Gasteiger partial charge is 0.496 e. The molecule has 0 saturated heterocycles. The van der Waals surface area contributed by atoms with Crippen molar-refractivity contribution in [1.29, 1.82) is 0 Å². The summed E-state index contributed by atoms with van der Waals surface area (Å²) in [5.74, 6) is 1.54. The average molecular weight is 590 g/mol. The van der Waals surface area contributed by atoms with Gasteiger partial charge in [-0.1, -0.05) is 6.07 Å². The summed E-state index contributed by atoms with van der Waals surface area (Å²) in [4.78, 5) is 35.2. The average Bonchev–Trinajstić information content (AvgIpc) is 3.95. The van der Waals surface area contributed by atoms with Crippen molar-refractivity contribution in [1.82, 2.24) is 34.1 Å². The van der Waals surface area contributed by atoms with E-state index >= 15 is 0 Å². The lowest BCUT2D eigenvalue weighted by molar-refractivity contribution is -0.140. The highest BCUT2D eigenvalue weighted by Crippen LogP contribution is 2.45. The van der Waals surface area contributed by atoms with Crippen molar-refractivity contribution in [2.75, 3.05) is 14.2 Å². The summed E-state index contributed by atoms with van der Waals surface area (Å²) < 4.78 is 54.8. The van der Waals surface area contributed by atoms with Crippen molar-refractivity contribution in [3.8, 4) is 34.4 Å². The third-order valence-corrected chi connectivity index (χ3v) is 7.76. The van der Waals surface area contributed by atoms with Crippen LogP contribution in [0.5, 0.6) is 11.6 Å². The second kappa shape index (κ2) is 10.2.